The van der Waals surface area contributed by atoms with E-state index in [0.717, 1.165) is 18.2 Å². The Morgan fingerprint density at radius 3 is 2.45 bits per heavy atom. The van der Waals surface area contributed by atoms with Crippen LogP contribution in [-0.2, 0) is 11.0 Å². The fourth-order valence-corrected chi connectivity index (χ4v) is 4.44. The standard InChI is InChI=1S/C29H31F3N6O4/c1-4-24(39)38-12-10-21(11-13-38)42-28-34-16-22(25(33-3)37-28)27(41)36-23-15-20(9-8-17(23)2)35-26(40)18-6-5-7-19(14-18)29(30,31)32/h5-9,14-16,21H,4,10-13H2,1-3H3,(H,35,40)(H,36,41)(H,33,34,37). The number of benzene rings is 2. The Balaban J connectivity index is 1.43. The minimum absolute atomic E-state index is 0.103. The summed E-state index contributed by atoms with van der Waals surface area (Å²) in [5, 5.41) is 8.21. The first-order valence-corrected chi connectivity index (χ1v) is 13.4. The Hall–Kier alpha value is -4.68. The molecule has 0 spiro atoms. The van der Waals surface area contributed by atoms with E-state index >= 15 is 0 Å². The van der Waals surface area contributed by atoms with E-state index in [1.807, 2.05) is 6.92 Å². The summed E-state index contributed by atoms with van der Waals surface area (Å²) >= 11 is 0. The number of hydrogen-bond acceptors (Lipinski definition) is 7. The Kier molecular flexibility index (Phi) is 9.28. The highest BCUT2D eigenvalue weighted by atomic mass is 19.4. The molecule has 2 aromatic carbocycles. The molecule has 3 aromatic rings. The minimum atomic E-state index is -4.58. The summed E-state index contributed by atoms with van der Waals surface area (Å²) in [6.07, 6.45) is -1.65. The number of nitrogens with one attached hydrogen (secondary N) is 3. The van der Waals surface area contributed by atoms with Crippen LogP contribution in [-0.4, -0.2) is 58.8 Å². The normalized spacial score (nSPS) is 13.8. The number of likely N-dealkylation sites (tertiary alicyclic amines) is 1. The van der Waals surface area contributed by atoms with E-state index in [4.69, 9.17) is 4.74 Å². The number of carbonyl (C=O) groups excluding carboxylic acids is 3. The summed E-state index contributed by atoms with van der Waals surface area (Å²) < 4.78 is 45.0. The number of hydrogen-bond donors (Lipinski definition) is 3. The number of ether oxygens (including phenoxy) is 1. The van der Waals surface area contributed by atoms with Crippen molar-refractivity contribution in [1.29, 1.82) is 0 Å². The van der Waals surface area contributed by atoms with E-state index in [-0.39, 0.29) is 40.7 Å². The molecule has 1 fully saturated rings. The molecule has 3 N–H and O–H groups in total. The Morgan fingerprint density at radius 1 is 1.05 bits per heavy atom. The van der Waals surface area contributed by atoms with Crippen molar-refractivity contribution in [2.75, 3.05) is 36.1 Å². The molecular formula is C29H31F3N6O4. The second-order valence-corrected chi connectivity index (χ2v) is 9.73. The van der Waals surface area contributed by atoms with E-state index < -0.39 is 23.6 Å². The molecule has 10 nitrogen and oxygen atoms in total. The zero-order chi connectivity index (χ0) is 30.4. The van der Waals surface area contributed by atoms with Gasteiger partial charge >= 0.3 is 12.2 Å². The molecule has 42 heavy (non-hydrogen) atoms. The molecule has 2 heterocycles. The summed E-state index contributed by atoms with van der Waals surface area (Å²) in [4.78, 5) is 48.0. The molecule has 0 unspecified atom stereocenters. The van der Waals surface area contributed by atoms with Crippen LogP contribution in [0.3, 0.4) is 0 Å². The van der Waals surface area contributed by atoms with Crippen molar-refractivity contribution >= 4 is 34.9 Å². The van der Waals surface area contributed by atoms with Crippen LogP contribution in [0.25, 0.3) is 0 Å². The lowest BCUT2D eigenvalue weighted by Gasteiger charge is -2.31. The van der Waals surface area contributed by atoms with Gasteiger partial charge in [-0.15, -0.1) is 0 Å². The molecule has 1 aromatic heterocycles. The van der Waals surface area contributed by atoms with Gasteiger partial charge in [-0.1, -0.05) is 19.1 Å². The lowest BCUT2D eigenvalue weighted by atomic mass is 10.1. The van der Waals surface area contributed by atoms with Crippen LogP contribution in [0.15, 0.2) is 48.7 Å². The predicted octanol–water partition coefficient (Wildman–Crippen LogP) is 5.13. The predicted molar refractivity (Wildman–Crippen MR) is 151 cm³/mol. The molecule has 0 aliphatic carbocycles. The highest BCUT2D eigenvalue weighted by Crippen LogP contribution is 2.30. The second-order valence-electron chi connectivity index (χ2n) is 9.73. The number of anilines is 3. The van der Waals surface area contributed by atoms with Gasteiger partial charge in [0.15, 0.2) is 0 Å². The second kappa shape index (κ2) is 12.9. The Morgan fingerprint density at radius 2 is 1.79 bits per heavy atom. The first-order valence-electron chi connectivity index (χ1n) is 13.4. The Labute approximate surface area is 240 Å². The summed E-state index contributed by atoms with van der Waals surface area (Å²) in [6.45, 7) is 4.76. The van der Waals surface area contributed by atoms with Crippen LogP contribution in [0.5, 0.6) is 6.01 Å². The van der Waals surface area contributed by atoms with Gasteiger partial charge in [0.2, 0.25) is 5.91 Å². The number of amides is 3. The lowest BCUT2D eigenvalue weighted by Crippen LogP contribution is -2.41. The highest BCUT2D eigenvalue weighted by Gasteiger charge is 2.31. The van der Waals surface area contributed by atoms with Gasteiger partial charge < -0.3 is 25.6 Å². The van der Waals surface area contributed by atoms with Crippen LogP contribution < -0.4 is 20.7 Å². The van der Waals surface area contributed by atoms with Crippen molar-refractivity contribution in [1.82, 2.24) is 14.9 Å². The van der Waals surface area contributed by atoms with Gasteiger partial charge in [-0.2, -0.15) is 18.2 Å². The summed E-state index contributed by atoms with van der Waals surface area (Å²) in [6, 6.07) is 8.95. The van der Waals surface area contributed by atoms with Crippen molar-refractivity contribution in [2.24, 2.45) is 0 Å². The molecule has 222 valence electrons. The molecule has 0 saturated carbocycles. The number of aryl methyl sites for hydroxylation is 1. The summed E-state index contributed by atoms with van der Waals surface area (Å²) in [7, 11) is 1.60. The Bertz CT molecular complexity index is 1470. The molecule has 1 saturated heterocycles. The number of rotatable bonds is 8. The van der Waals surface area contributed by atoms with E-state index in [1.165, 1.54) is 18.3 Å². The van der Waals surface area contributed by atoms with Gasteiger partial charge in [-0.3, -0.25) is 14.4 Å². The third-order valence-corrected chi connectivity index (χ3v) is 6.81. The lowest BCUT2D eigenvalue weighted by molar-refractivity contribution is -0.137. The molecule has 4 rings (SSSR count). The smallest absolute Gasteiger partial charge is 0.416 e. The zero-order valence-electron chi connectivity index (χ0n) is 23.3. The van der Waals surface area contributed by atoms with E-state index in [1.54, 1.807) is 31.0 Å². The summed E-state index contributed by atoms with van der Waals surface area (Å²) in [5.41, 5.74) is 0.386. The maximum Gasteiger partial charge on any atom is 0.416 e. The van der Waals surface area contributed by atoms with Gasteiger partial charge in [0, 0.05) is 62.5 Å². The van der Waals surface area contributed by atoms with E-state index in [0.29, 0.717) is 43.6 Å². The van der Waals surface area contributed by atoms with Gasteiger partial charge in [0.05, 0.1) is 5.56 Å². The minimum Gasteiger partial charge on any atom is -0.460 e. The highest BCUT2D eigenvalue weighted by molar-refractivity contribution is 6.08. The first kappa shape index (κ1) is 30.3. The SMILES string of the molecule is CCC(=O)N1CCC(Oc2ncc(C(=O)Nc3cc(NC(=O)c4cccc(C(F)(F)F)c4)ccc3C)c(NC)n2)CC1. The van der Waals surface area contributed by atoms with Crippen LogP contribution in [0.4, 0.5) is 30.4 Å². The van der Waals surface area contributed by atoms with Crippen LogP contribution in [0, 0.1) is 6.92 Å². The van der Waals surface area contributed by atoms with Gasteiger partial charge in [-0.25, -0.2) is 4.98 Å². The topological polar surface area (TPSA) is 126 Å². The monoisotopic (exact) mass is 584 g/mol. The van der Waals surface area contributed by atoms with E-state index in [2.05, 4.69) is 25.9 Å². The van der Waals surface area contributed by atoms with Crippen LogP contribution >= 0.6 is 0 Å². The fraction of sp³-hybridized carbons (Fsp3) is 0.345. The van der Waals surface area contributed by atoms with Crippen molar-refractivity contribution in [2.45, 2.75) is 45.4 Å². The number of piperidine rings is 1. The maximum atomic E-state index is 13.2. The summed E-state index contributed by atoms with van der Waals surface area (Å²) in [5.74, 6) is -0.910. The largest absolute Gasteiger partial charge is 0.460 e. The third-order valence-electron chi connectivity index (χ3n) is 6.81. The van der Waals surface area contributed by atoms with Crippen molar-refractivity contribution in [3.05, 3.63) is 70.9 Å². The van der Waals surface area contributed by atoms with Gasteiger partial charge in [0.1, 0.15) is 17.5 Å². The van der Waals surface area contributed by atoms with Crippen molar-refractivity contribution in [3.63, 3.8) is 0 Å². The average Bonchev–Trinajstić information content (AvgIpc) is 2.98. The number of carbonyl (C=O) groups is 3. The molecule has 0 radical (unpaired) electrons. The number of halogens is 3. The molecular weight excluding hydrogens is 553 g/mol. The average molecular weight is 585 g/mol. The number of alkyl halides is 3. The molecule has 0 bridgehead atoms. The molecule has 13 heteroatoms. The number of nitrogens with zero attached hydrogens (tertiary/aromatic N) is 3. The van der Waals surface area contributed by atoms with Gasteiger partial charge in [0.25, 0.3) is 11.8 Å². The molecule has 0 atom stereocenters. The molecule has 1 aliphatic rings. The maximum absolute atomic E-state index is 13.2. The van der Waals surface area contributed by atoms with E-state index in [9.17, 15) is 27.6 Å². The molecule has 3 amide bonds. The molecule has 1 aliphatic heterocycles. The fourth-order valence-electron chi connectivity index (χ4n) is 4.44. The van der Waals surface area contributed by atoms with Gasteiger partial charge in [-0.05, 0) is 42.8 Å². The first-order chi connectivity index (χ1) is 20.0. The van der Waals surface area contributed by atoms with Crippen LogP contribution in [0.1, 0.15) is 58.0 Å². The van der Waals surface area contributed by atoms with Crippen molar-refractivity contribution in [3.8, 4) is 6.01 Å². The van der Waals surface area contributed by atoms with Crippen molar-refractivity contribution < 1.29 is 32.3 Å². The van der Waals surface area contributed by atoms with Crippen LogP contribution in [0.2, 0.25) is 0 Å². The number of aromatic nitrogens is 2. The quantitative estimate of drug-likeness (QED) is 0.335. The third kappa shape index (κ3) is 7.33. The zero-order valence-corrected chi connectivity index (χ0v) is 23.3.